The van der Waals surface area contributed by atoms with E-state index in [0.717, 1.165) is 10.6 Å². The molecule has 0 saturated heterocycles. The second-order valence-corrected chi connectivity index (χ2v) is 4.81. The van der Waals surface area contributed by atoms with Crippen molar-refractivity contribution in [2.24, 2.45) is 12.8 Å². The van der Waals surface area contributed by atoms with Gasteiger partial charge in [-0.2, -0.15) is 8.42 Å². The molecule has 0 aliphatic heterocycles. The van der Waals surface area contributed by atoms with Crippen LogP contribution in [0.25, 0.3) is 0 Å². The van der Waals surface area contributed by atoms with Crippen molar-refractivity contribution in [1.29, 1.82) is 0 Å². The number of carbonyl (C=O) groups is 1. The largest absolute Gasteiger partial charge is 0.494 e. The summed E-state index contributed by atoms with van der Waals surface area (Å²) < 4.78 is 30.8. The number of hydrogen-bond acceptors (Lipinski definition) is 5. The van der Waals surface area contributed by atoms with Crippen LogP contribution in [-0.2, 0) is 22.9 Å². The van der Waals surface area contributed by atoms with Crippen molar-refractivity contribution in [3.63, 3.8) is 0 Å². The summed E-state index contributed by atoms with van der Waals surface area (Å²) in [5, 5.41) is 9.32. The highest BCUT2D eigenvalue weighted by Gasteiger charge is 2.20. The zero-order chi connectivity index (χ0) is 13.4. The quantitative estimate of drug-likeness (QED) is 0.571. The van der Waals surface area contributed by atoms with Crippen LogP contribution in [0.4, 0.5) is 0 Å². The summed E-state index contributed by atoms with van der Waals surface area (Å²) >= 11 is 0. The maximum atomic E-state index is 11.6. The second kappa shape index (κ2) is 4.18. The number of amides is 1. The zero-order valence-electron chi connectivity index (χ0n) is 8.74. The van der Waals surface area contributed by atoms with E-state index in [4.69, 9.17) is 10.3 Å². The third-order valence-corrected chi connectivity index (χ3v) is 2.75. The lowest BCUT2D eigenvalue weighted by Crippen LogP contribution is -2.30. The van der Waals surface area contributed by atoms with Crippen molar-refractivity contribution in [2.45, 2.75) is 5.75 Å². The third-order valence-electron chi connectivity index (χ3n) is 2.07. The lowest BCUT2D eigenvalue weighted by Gasteiger charge is -2.08. The minimum Gasteiger partial charge on any atom is -0.494 e. The van der Waals surface area contributed by atoms with Gasteiger partial charge in [0.2, 0.25) is 0 Å². The van der Waals surface area contributed by atoms with Gasteiger partial charge in [-0.1, -0.05) is 0 Å². The lowest BCUT2D eigenvalue weighted by atomic mass is 10.1. The van der Waals surface area contributed by atoms with Gasteiger partial charge in [0.05, 0.1) is 0 Å². The Morgan fingerprint density at radius 2 is 2.06 bits per heavy atom. The van der Waals surface area contributed by atoms with Gasteiger partial charge in [-0.3, -0.25) is 18.7 Å². The number of rotatable bonds is 3. The van der Waals surface area contributed by atoms with Crippen molar-refractivity contribution in [2.75, 3.05) is 0 Å². The van der Waals surface area contributed by atoms with E-state index in [2.05, 4.69) is 0 Å². The van der Waals surface area contributed by atoms with Crippen LogP contribution >= 0.6 is 0 Å². The molecule has 0 bridgehead atoms. The predicted molar refractivity (Wildman–Crippen MR) is 57.1 cm³/mol. The van der Waals surface area contributed by atoms with E-state index in [0.29, 0.717) is 0 Å². The van der Waals surface area contributed by atoms with Gasteiger partial charge in [-0.05, 0) is 5.56 Å². The number of aromatic nitrogens is 1. The second-order valence-electron chi connectivity index (χ2n) is 3.36. The number of hydrogen-bond donors (Lipinski definition) is 3. The molecule has 0 fully saturated rings. The van der Waals surface area contributed by atoms with Gasteiger partial charge in [0.1, 0.15) is 11.3 Å². The summed E-state index contributed by atoms with van der Waals surface area (Å²) in [5.74, 6) is -2.66. The Morgan fingerprint density at radius 1 is 1.53 bits per heavy atom. The SMILES string of the molecule is Cn1c(O)cc(CS(=O)(=O)O)c(C(N)=O)c1=O. The van der Waals surface area contributed by atoms with Crippen LogP contribution in [0.2, 0.25) is 0 Å². The summed E-state index contributed by atoms with van der Waals surface area (Å²) in [6.45, 7) is 0. The molecule has 1 heterocycles. The van der Waals surface area contributed by atoms with E-state index in [1.807, 2.05) is 0 Å². The van der Waals surface area contributed by atoms with Crippen molar-refractivity contribution in [1.82, 2.24) is 4.57 Å². The summed E-state index contributed by atoms with van der Waals surface area (Å²) in [6, 6.07) is 0.884. The summed E-state index contributed by atoms with van der Waals surface area (Å²) in [6.07, 6.45) is 0. The molecule has 1 aromatic heterocycles. The highest BCUT2D eigenvalue weighted by Crippen LogP contribution is 2.14. The molecule has 1 amide bonds. The van der Waals surface area contributed by atoms with Crippen molar-refractivity contribution >= 4 is 16.0 Å². The molecule has 0 aromatic carbocycles. The summed E-state index contributed by atoms with van der Waals surface area (Å²) in [5.41, 5.74) is 3.08. The topological polar surface area (TPSA) is 140 Å². The lowest BCUT2D eigenvalue weighted by molar-refractivity contribution is 0.0997. The minimum absolute atomic E-state index is 0.347. The maximum Gasteiger partial charge on any atom is 0.269 e. The van der Waals surface area contributed by atoms with Crippen molar-refractivity contribution in [3.05, 3.63) is 27.5 Å². The minimum atomic E-state index is -4.45. The Balaban J connectivity index is 3.60. The van der Waals surface area contributed by atoms with Gasteiger partial charge in [0.25, 0.3) is 21.6 Å². The molecule has 0 unspecified atom stereocenters. The summed E-state index contributed by atoms with van der Waals surface area (Å²) in [7, 11) is -3.26. The molecule has 94 valence electrons. The molecule has 17 heavy (non-hydrogen) atoms. The average molecular weight is 262 g/mol. The Morgan fingerprint density at radius 3 is 2.47 bits per heavy atom. The molecule has 9 heteroatoms. The number of pyridine rings is 1. The smallest absolute Gasteiger partial charge is 0.269 e. The molecule has 1 aromatic rings. The molecular weight excluding hydrogens is 252 g/mol. The molecule has 0 aliphatic rings. The van der Waals surface area contributed by atoms with Gasteiger partial charge < -0.3 is 10.8 Å². The Hall–Kier alpha value is -1.87. The molecular formula is C8H10N2O6S. The van der Waals surface area contributed by atoms with E-state index < -0.39 is 38.8 Å². The van der Waals surface area contributed by atoms with E-state index in [9.17, 15) is 23.1 Å². The van der Waals surface area contributed by atoms with E-state index in [1.54, 1.807) is 0 Å². The highest BCUT2D eigenvalue weighted by molar-refractivity contribution is 7.85. The van der Waals surface area contributed by atoms with Crippen molar-refractivity contribution < 1.29 is 22.9 Å². The van der Waals surface area contributed by atoms with E-state index >= 15 is 0 Å². The molecule has 0 aliphatic carbocycles. The molecule has 8 nitrogen and oxygen atoms in total. The van der Waals surface area contributed by atoms with Crippen molar-refractivity contribution in [3.8, 4) is 5.88 Å². The molecule has 4 N–H and O–H groups in total. The van der Waals surface area contributed by atoms with Crippen LogP contribution in [0.1, 0.15) is 15.9 Å². The Bertz CT molecular complexity index is 630. The molecule has 0 spiro atoms. The Kier molecular flexibility index (Phi) is 3.25. The van der Waals surface area contributed by atoms with Gasteiger partial charge >= 0.3 is 0 Å². The average Bonchev–Trinajstić information content (AvgIpc) is 2.11. The van der Waals surface area contributed by atoms with E-state index in [-0.39, 0.29) is 5.56 Å². The van der Waals surface area contributed by atoms with Crippen LogP contribution < -0.4 is 11.3 Å². The first-order valence-corrected chi connectivity index (χ1v) is 5.91. The van der Waals surface area contributed by atoms with Gasteiger partial charge in [0.15, 0.2) is 5.88 Å². The molecule has 1 rings (SSSR count). The van der Waals surface area contributed by atoms with Gasteiger partial charge in [-0.15, -0.1) is 0 Å². The standard InChI is InChI=1S/C8H10N2O6S/c1-10-5(11)2-4(3-17(14,15)16)6(7(9)12)8(10)13/h2,11H,3H2,1H3,(H2,9,12)(H,14,15,16). The first-order chi connectivity index (χ1) is 7.63. The fraction of sp³-hybridized carbons (Fsp3) is 0.250. The number of primary amides is 1. The van der Waals surface area contributed by atoms with Gasteiger partial charge in [-0.25, -0.2) is 0 Å². The maximum absolute atomic E-state index is 11.6. The zero-order valence-corrected chi connectivity index (χ0v) is 9.56. The van der Waals surface area contributed by atoms with Crippen LogP contribution in [0.15, 0.2) is 10.9 Å². The molecule has 0 saturated carbocycles. The fourth-order valence-corrected chi connectivity index (χ4v) is 1.93. The number of aromatic hydroxyl groups is 1. The van der Waals surface area contributed by atoms with Crippen LogP contribution in [0.3, 0.4) is 0 Å². The number of carbonyl (C=O) groups excluding carboxylic acids is 1. The van der Waals surface area contributed by atoms with Crippen LogP contribution in [0, 0.1) is 0 Å². The van der Waals surface area contributed by atoms with Gasteiger partial charge in [0, 0.05) is 13.1 Å². The monoisotopic (exact) mass is 262 g/mol. The molecule has 0 atom stereocenters. The van der Waals surface area contributed by atoms with Crippen LogP contribution in [-0.4, -0.2) is 28.6 Å². The predicted octanol–water partition coefficient (Wildman–Crippen LogP) is -1.42. The third kappa shape index (κ3) is 2.82. The molecule has 0 radical (unpaired) electrons. The number of nitrogens with zero attached hydrogens (tertiary/aromatic N) is 1. The summed E-state index contributed by atoms with van der Waals surface area (Å²) in [4.78, 5) is 22.6. The van der Waals surface area contributed by atoms with Crippen LogP contribution in [0.5, 0.6) is 5.88 Å². The van der Waals surface area contributed by atoms with E-state index in [1.165, 1.54) is 7.05 Å². The number of nitrogens with two attached hydrogens (primary N) is 1. The first-order valence-electron chi connectivity index (χ1n) is 4.30. The first kappa shape index (κ1) is 13.2. The Labute approximate surface area is 96.0 Å². The highest BCUT2D eigenvalue weighted by atomic mass is 32.2. The normalized spacial score (nSPS) is 11.4. The fourth-order valence-electron chi connectivity index (χ4n) is 1.31.